The Labute approximate surface area is 169 Å². The topological polar surface area (TPSA) is 29.1 Å². The van der Waals surface area contributed by atoms with Crippen molar-refractivity contribution in [3.05, 3.63) is 36.5 Å². The van der Waals surface area contributed by atoms with Gasteiger partial charge in [0.25, 0.3) is 0 Å². The van der Waals surface area contributed by atoms with E-state index in [9.17, 15) is 4.79 Å². The van der Waals surface area contributed by atoms with Crippen molar-refractivity contribution >= 4 is 28.5 Å². The quantitative estimate of drug-likeness (QED) is 0.110. The van der Waals surface area contributed by atoms with Crippen LogP contribution in [0.3, 0.4) is 0 Å². The molecule has 0 saturated heterocycles. The highest BCUT2D eigenvalue weighted by molar-refractivity contribution is 14.1. The second-order valence-corrected chi connectivity index (χ2v) is 7.45. The highest BCUT2D eigenvalue weighted by atomic mass is 123. The Bertz CT molecular complexity index is 374. The molecule has 0 radical (unpaired) electrons. The number of amides is 1. The second-order valence-electron chi connectivity index (χ2n) is 6.37. The number of nitrogens with one attached hydrogen (secondary N) is 1. The summed E-state index contributed by atoms with van der Waals surface area (Å²) in [5.74, 6) is 0.208. The van der Waals surface area contributed by atoms with Crippen LogP contribution in [0.1, 0.15) is 84.0 Å². The zero-order valence-electron chi connectivity index (χ0n) is 16.1. The maximum Gasteiger partial charge on any atom is 0.220 e. The average Bonchev–Trinajstić information content (AvgIpc) is 2.62. The third kappa shape index (κ3) is 21.4. The van der Waals surface area contributed by atoms with E-state index < -0.39 is 0 Å². The SMILES string of the molecule is CCCCC/C=C/C/C=C/C/C=C\CCCCCCC(=O)NCC[123I]. The Kier molecular flexibility index (Phi) is 21.0. The van der Waals surface area contributed by atoms with Gasteiger partial charge < -0.3 is 5.32 Å². The molecule has 0 spiro atoms. The van der Waals surface area contributed by atoms with Crippen LogP contribution in [0.15, 0.2) is 36.5 Å². The summed E-state index contributed by atoms with van der Waals surface area (Å²) in [5.41, 5.74) is 0. The van der Waals surface area contributed by atoms with E-state index in [4.69, 9.17) is 0 Å². The minimum absolute atomic E-state index is 0.208. The minimum atomic E-state index is 0.208. The Morgan fingerprint density at radius 3 is 1.96 bits per heavy atom. The molecule has 0 unspecified atom stereocenters. The zero-order chi connectivity index (χ0) is 18.4. The largest absolute Gasteiger partial charge is 0.355 e. The lowest BCUT2D eigenvalue weighted by Crippen LogP contribution is -2.24. The lowest BCUT2D eigenvalue weighted by molar-refractivity contribution is -0.121. The molecule has 0 aliphatic heterocycles. The van der Waals surface area contributed by atoms with Crippen molar-refractivity contribution in [2.45, 2.75) is 84.0 Å². The first-order chi connectivity index (χ1) is 12.3. The van der Waals surface area contributed by atoms with Crippen molar-refractivity contribution in [1.29, 1.82) is 0 Å². The number of hydrogen-bond acceptors (Lipinski definition) is 1. The fourth-order valence-corrected chi connectivity index (χ4v) is 2.74. The van der Waals surface area contributed by atoms with E-state index in [0.717, 1.165) is 43.1 Å². The van der Waals surface area contributed by atoms with Crippen LogP contribution in [0.5, 0.6) is 0 Å². The van der Waals surface area contributed by atoms with Gasteiger partial charge in [0, 0.05) is 17.4 Å². The number of allylic oxidation sites excluding steroid dienone is 6. The Morgan fingerprint density at radius 1 is 0.800 bits per heavy atom. The molecule has 144 valence electrons. The standard InChI is InChI=1S/C22H38INO/c1-2-3-4-5-6-7-8-9-10-11-12-13-14-15-16-17-18-19-22(25)24-21-20-23/h6-7,9-10,12-13H,2-5,8,11,14-21H2,1H3,(H,24,25)/b7-6+,10-9+,13-12-/i23-4. The van der Waals surface area contributed by atoms with Crippen LogP contribution in [-0.4, -0.2) is 16.9 Å². The van der Waals surface area contributed by atoms with E-state index in [-0.39, 0.29) is 5.91 Å². The predicted molar refractivity (Wildman–Crippen MR) is 120 cm³/mol. The third-order valence-electron chi connectivity index (χ3n) is 3.96. The summed E-state index contributed by atoms with van der Waals surface area (Å²) >= 11 is 2.28. The highest BCUT2D eigenvalue weighted by Gasteiger charge is 1.98. The number of alkyl halides is 1. The van der Waals surface area contributed by atoms with Crippen molar-refractivity contribution < 1.29 is 4.79 Å². The zero-order valence-corrected chi connectivity index (χ0v) is 18.3. The lowest BCUT2D eigenvalue weighted by Gasteiger charge is -2.02. The van der Waals surface area contributed by atoms with Gasteiger partial charge in [-0.2, -0.15) is 0 Å². The van der Waals surface area contributed by atoms with Crippen LogP contribution < -0.4 is 5.32 Å². The Morgan fingerprint density at radius 2 is 1.36 bits per heavy atom. The van der Waals surface area contributed by atoms with Gasteiger partial charge in [-0.3, -0.25) is 4.79 Å². The average molecular weight is 455 g/mol. The van der Waals surface area contributed by atoms with Crippen LogP contribution in [0, 0.1) is 0 Å². The summed E-state index contributed by atoms with van der Waals surface area (Å²) in [5, 5.41) is 2.92. The monoisotopic (exact) mass is 455 g/mol. The van der Waals surface area contributed by atoms with Gasteiger partial charge in [0.1, 0.15) is 0 Å². The van der Waals surface area contributed by atoms with E-state index in [1.807, 2.05) is 0 Å². The molecular formula is C22H38INO. The number of hydrogen-bond donors (Lipinski definition) is 1. The van der Waals surface area contributed by atoms with Crippen LogP contribution in [0.4, 0.5) is 0 Å². The van der Waals surface area contributed by atoms with Crippen molar-refractivity contribution in [3.8, 4) is 0 Å². The molecule has 0 aromatic carbocycles. The van der Waals surface area contributed by atoms with E-state index in [1.165, 1.54) is 38.5 Å². The third-order valence-corrected chi connectivity index (χ3v) is 4.50. The lowest BCUT2D eigenvalue weighted by atomic mass is 10.1. The van der Waals surface area contributed by atoms with Gasteiger partial charge >= 0.3 is 0 Å². The first kappa shape index (κ1) is 24.4. The molecule has 0 fully saturated rings. The summed E-state index contributed by atoms with van der Waals surface area (Å²) in [4.78, 5) is 11.4. The van der Waals surface area contributed by atoms with Gasteiger partial charge in [-0.05, 0) is 44.9 Å². The molecule has 0 aliphatic rings. The fourth-order valence-electron chi connectivity index (χ4n) is 2.47. The normalized spacial score (nSPS) is 11.9. The molecule has 0 heterocycles. The maximum absolute atomic E-state index is 11.4. The van der Waals surface area contributed by atoms with E-state index in [2.05, 4.69) is 71.3 Å². The molecule has 0 saturated carbocycles. The van der Waals surface area contributed by atoms with Gasteiger partial charge in [-0.1, -0.05) is 91.7 Å². The first-order valence-corrected chi connectivity index (χ1v) is 11.6. The number of rotatable bonds is 17. The van der Waals surface area contributed by atoms with Gasteiger partial charge in [-0.25, -0.2) is 0 Å². The maximum atomic E-state index is 11.4. The van der Waals surface area contributed by atoms with Crippen molar-refractivity contribution in [2.24, 2.45) is 0 Å². The van der Waals surface area contributed by atoms with Crippen LogP contribution in [0.2, 0.25) is 0 Å². The Hall–Kier alpha value is -0.580. The number of halogens is 1. The summed E-state index contributed by atoms with van der Waals surface area (Å²) in [6, 6.07) is 0. The summed E-state index contributed by atoms with van der Waals surface area (Å²) in [6.45, 7) is 3.04. The number of carbonyl (C=O) groups is 1. The van der Waals surface area contributed by atoms with Gasteiger partial charge in [0.15, 0.2) is 0 Å². The highest BCUT2D eigenvalue weighted by Crippen LogP contribution is 2.06. The number of carbonyl (C=O) groups excluding carboxylic acids is 1. The van der Waals surface area contributed by atoms with Gasteiger partial charge in [0.05, 0.1) is 0 Å². The molecule has 0 aliphatic carbocycles. The van der Waals surface area contributed by atoms with Crippen molar-refractivity contribution in [2.75, 3.05) is 11.0 Å². The van der Waals surface area contributed by atoms with E-state index >= 15 is 0 Å². The summed E-state index contributed by atoms with van der Waals surface area (Å²) < 4.78 is 0.987. The molecular weight excluding hydrogens is 417 g/mol. The fraction of sp³-hybridized carbons (Fsp3) is 0.682. The molecule has 2 nitrogen and oxygen atoms in total. The van der Waals surface area contributed by atoms with Crippen LogP contribution in [0.25, 0.3) is 0 Å². The smallest absolute Gasteiger partial charge is 0.220 e. The van der Waals surface area contributed by atoms with Gasteiger partial charge in [0.2, 0.25) is 5.91 Å². The molecule has 0 bridgehead atoms. The van der Waals surface area contributed by atoms with Gasteiger partial charge in [-0.15, -0.1) is 0 Å². The van der Waals surface area contributed by atoms with Crippen LogP contribution in [-0.2, 0) is 4.79 Å². The minimum Gasteiger partial charge on any atom is -0.355 e. The number of unbranched alkanes of at least 4 members (excludes halogenated alkanes) is 7. The van der Waals surface area contributed by atoms with Crippen molar-refractivity contribution in [3.63, 3.8) is 0 Å². The molecule has 0 rings (SSSR count). The molecule has 1 amide bonds. The predicted octanol–water partition coefficient (Wildman–Crippen LogP) is 6.91. The summed E-state index contributed by atoms with van der Waals surface area (Å²) in [6.07, 6.45) is 27.4. The van der Waals surface area contributed by atoms with E-state index in [0.29, 0.717) is 6.42 Å². The first-order valence-electron chi connectivity index (χ1n) is 10.1. The molecule has 0 aromatic heterocycles. The molecule has 3 heteroatoms. The molecule has 0 aromatic rings. The molecule has 25 heavy (non-hydrogen) atoms. The molecule has 0 atom stereocenters. The van der Waals surface area contributed by atoms with Crippen LogP contribution >= 0.6 is 22.6 Å². The summed E-state index contributed by atoms with van der Waals surface area (Å²) in [7, 11) is 0. The van der Waals surface area contributed by atoms with E-state index in [1.54, 1.807) is 0 Å². The Balaban J connectivity index is 3.32. The van der Waals surface area contributed by atoms with Crippen molar-refractivity contribution in [1.82, 2.24) is 5.32 Å². The second kappa shape index (κ2) is 21.5. The molecule has 1 N–H and O–H groups in total.